The number of hydrogen-bond donors (Lipinski definition) is 0. The predicted molar refractivity (Wildman–Crippen MR) is 31.8 cm³/mol. The summed E-state index contributed by atoms with van der Waals surface area (Å²) < 4.78 is 9.94. The van der Waals surface area contributed by atoms with Gasteiger partial charge < -0.3 is 9.15 Å². The third-order valence-electron chi connectivity index (χ3n) is 0.932. The summed E-state index contributed by atoms with van der Waals surface area (Å²) in [4.78, 5) is 3.73. The van der Waals surface area contributed by atoms with Crippen LogP contribution in [-0.4, -0.2) is 11.6 Å². The van der Waals surface area contributed by atoms with Gasteiger partial charge >= 0.3 is 0 Å². The predicted octanol–water partition coefficient (Wildman–Crippen LogP) is 1.21. The van der Waals surface area contributed by atoms with Crippen LogP contribution in [0.1, 0.15) is 12.7 Å². The second-order valence-corrected chi connectivity index (χ2v) is 1.60. The standard InChI is InChI=1S/C6H9NO2/c1-2-8-4-6-3-7-5-9-6/h3,5H,2,4H2,1H3. The van der Waals surface area contributed by atoms with Crippen LogP contribution in [0.25, 0.3) is 0 Å². The molecular weight excluding hydrogens is 118 g/mol. The maximum atomic E-state index is 5.04. The molecule has 0 aliphatic heterocycles. The minimum atomic E-state index is 0.524. The Hall–Kier alpha value is -0.830. The molecule has 0 N–H and O–H groups in total. The van der Waals surface area contributed by atoms with Gasteiger partial charge in [0.05, 0.1) is 6.20 Å². The molecule has 0 aliphatic carbocycles. The van der Waals surface area contributed by atoms with Crippen molar-refractivity contribution >= 4 is 0 Å². The molecule has 0 fully saturated rings. The molecule has 9 heavy (non-hydrogen) atoms. The van der Waals surface area contributed by atoms with E-state index in [4.69, 9.17) is 9.15 Å². The minimum absolute atomic E-state index is 0.524. The Balaban J connectivity index is 2.30. The van der Waals surface area contributed by atoms with E-state index in [1.165, 1.54) is 6.39 Å². The monoisotopic (exact) mass is 127 g/mol. The van der Waals surface area contributed by atoms with Crippen LogP contribution >= 0.6 is 0 Å². The molecule has 1 aromatic heterocycles. The largest absolute Gasteiger partial charge is 0.446 e. The van der Waals surface area contributed by atoms with Crippen molar-refractivity contribution in [3.63, 3.8) is 0 Å². The summed E-state index contributed by atoms with van der Waals surface area (Å²) >= 11 is 0. The summed E-state index contributed by atoms with van der Waals surface area (Å²) in [7, 11) is 0. The van der Waals surface area contributed by atoms with E-state index in [9.17, 15) is 0 Å². The highest BCUT2D eigenvalue weighted by Crippen LogP contribution is 1.97. The Labute approximate surface area is 53.7 Å². The normalized spacial score (nSPS) is 9.89. The molecule has 1 heterocycles. The molecule has 0 saturated carbocycles. The molecule has 3 heteroatoms. The molecule has 0 amide bonds. The Kier molecular flexibility index (Phi) is 2.27. The fourth-order valence-electron chi connectivity index (χ4n) is 0.516. The Morgan fingerprint density at radius 2 is 2.67 bits per heavy atom. The third-order valence-corrected chi connectivity index (χ3v) is 0.932. The van der Waals surface area contributed by atoms with Crippen molar-refractivity contribution in [3.05, 3.63) is 18.4 Å². The van der Waals surface area contributed by atoms with Gasteiger partial charge in [-0.05, 0) is 6.92 Å². The quantitative estimate of drug-likeness (QED) is 0.612. The van der Waals surface area contributed by atoms with Crippen molar-refractivity contribution in [3.8, 4) is 0 Å². The molecular formula is C6H9NO2. The highest BCUT2D eigenvalue weighted by Gasteiger charge is 1.92. The van der Waals surface area contributed by atoms with Gasteiger partial charge in [0.1, 0.15) is 12.4 Å². The number of aromatic nitrogens is 1. The van der Waals surface area contributed by atoms with Gasteiger partial charge in [-0.2, -0.15) is 0 Å². The van der Waals surface area contributed by atoms with Crippen LogP contribution in [0.5, 0.6) is 0 Å². The van der Waals surface area contributed by atoms with Crippen molar-refractivity contribution in [2.45, 2.75) is 13.5 Å². The first-order valence-electron chi connectivity index (χ1n) is 2.88. The van der Waals surface area contributed by atoms with Gasteiger partial charge in [0, 0.05) is 6.61 Å². The molecule has 0 aliphatic rings. The number of nitrogens with zero attached hydrogens (tertiary/aromatic N) is 1. The summed E-state index contributed by atoms with van der Waals surface area (Å²) in [6.45, 7) is 3.17. The molecule has 1 aromatic rings. The fraction of sp³-hybridized carbons (Fsp3) is 0.500. The van der Waals surface area contributed by atoms with Gasteiger partial charge in [-0.15, -0.1) is 0 Å². The zero-order valence-electron chi connectivity index (χ0n) is 5.33. The number of ether oxygens (including phenoxy) is 1. The molecule has 0 radical (unpaired) electrons. The average Bonchev–Trinajstić information content (AvgIpc) is 2.34. The van der Waals surface area contributed by atoms with E-state index >= 15 is 0 Å². The number of rotatable bonds is 3. The maximum Gasteiger partial charge on any atom is 0.180 e. The average molecular weight is 127 g/mol. The third kappa shape index (κ3) is 1.85. The van der Waals surface area contributed by atoms with Crippen LogP contribution in [0, 0.1) is 0 Å². The Morgan fingerprint density at radius 3 is 3.22 bits per heavy atom. The van der Waals surface area contributed by atoms with Crippen LogP contribution in [0.4, 0.5) is 0 Å². The molecule has 0 unspecified atom stereocenters. The zero-order valence-corrected chi connectivity index (χ0v) is 5.33. The lowest BCUT2D eigenvalue weighted by Crippen LogP contribution is -1.88. The van der Waals surface area contributed by atoms with Crippen molar-refractivity contribution in [1.82, 2.24) is 4.98 Å². The molecule has 0 spiro atoms. The van der Waals surface area contributed by atoms with Crippen molar-refractivity contribution in [2.24, 2.45) is 0 Å². The van der Waals surface area contributed by atoms with E-state index in [0.717, 1.165) is 5.76 Å². The second kappa shape index (κ2) is 3.25. The summed E-state index contributed by atoms with van der Waals surface area (Å²) in [5, 5.41) is 0. The van der Waals surface area contributed by atoms with Crippen molar-refractivity contribution < 1.29 is 9.15 Å². The summed E-state index contributed by atoms with van der Waals surface area (Å²) in [6.07, 6.45) is 3.05. The van der Waals surface area contributed by atoms with E-state index in [0.29, 0.717) is 13.2 Å². The van der Waals surface area contributed by atoms with E-state index in [-0.39, 0.29) is 0 Å². The summed E-state index contributed by atoms with van der Waals surface area (Å²) in [5.74, 6) is 0.775. The second-order valence-electron chi connectivity index (χ2n) is 1.60. The van der Waals surface area contributed by atoms with Crippen LogP contribution in [0.3, 0.4) is 0 Å². The van der Waals surface area contributed by atoms with E-state index in [2.05, 4.69) is 4.98 Å². The topological polar surface area (TPSA) is 35.3 Å². The molecule has 3 nitrogen and oxygen atoms in total. The summed E-state index contributed by atoms with van der Waals surface area (Å²) in [5.41, 5.74) is 0. The number of oxazole rings is 1. The lowest BCUT2D eigenvalue weighted by Gasteiger charge is -1.92. The van der Waals surface area contributed by atoms with Crippen LogP contribution in [-0.2, 0) is 11.3 Å². The van der Waals surface area contributed by atoms with Crippen molar-refractivity contribution in [1.29, 1.82) is 0 Å². The highest BCUT2D eigenvalue weighted by atomic mass is 16.5. The van der Waals surface area contributed by atoms with Crippen LogP contribution in [0.2, 0.25) is 0 Å². The van der Waals surface area contributed by atoms with Crippen LogP contribution < -0.4 is 0 Å². The van der Waals surface area contributed by atoms with Gasteiger partial charge in [-0.1, -0.05) is 0 Å². The smallest absolute Gasteiger partial charge is 0.180 e. The van der Waals surface area contributed by atoms with Gasteiger partial charge in [-0.3, -0.25) is 0 Å². The number of hydrogen-bond acceptors (Lipinski definition) is 3. The zero-order chi connectivity index (χ0) is 6.53. The van der Waals surface area contributed by atoms with Gasteiger partial charge in [-0.25, -0.2) is 4.98 Å². The lowest BCUT2D eigenvalue weighted by molar-refractivity contribution is 0.118. The maximum absolute atomic E-state index is 5.04. The Bertz CT molecular complexity index is 148. The van der Waals surface area contributed by atoms with E-state index in [1.807, 2.05) is 6.92 Å². The molecule has 0 bridgehead atoms. The lowest BCUT2D eigenvalue weighted by atomic mass is 10.5. The molecule has 0 atom stereocenters. The van der Waals surface area contributed by atoms with Crippen molar-refractivity contribution in [2.75, 3.05) is 6.61 Å². The van der Waals surface area contributed by atoms with Crippen LogP contribution in [0.15, 0.2) is 17.0 Å². The fourth-order valence-corrected chi connectivity index (χ4v) is 0.516. The first kappa shape index (κ1) is 6.29. The SMILES string of the molecule is CCOCc1cnco1. The molecule has 0 aromatic carbocycles. The highest BCUT2D eigenvalue weighted by molar-refractivity contribution is 4.84. The molecule has 1 rings (SSSR count). The minimum Gasteiger partial charge on any atom is -0.446 e. The van der Waals surface area contributed by atoms with E-state index in [1.54, 1.807) is 6.20 Å². The first-order chi connectivity index (χ1) is 4.43. The van der Waals surface area contributed by atoms with E-state index < -0.39 is 0 Å². The summed E-state index contributed by atoms with van der Waals surface area (Å²) in [6, 6.07) is 0. The molecule has 0 saturated heterocycles. The Morgan fingerprint density at radius 1 is 1.78 bits per heavy atom. The van der Waals surface area contributed by atoms with Gasteiger partial charge in [0.25, 0.3) is 0 Å². The molecule has 50 valence electrons. The van der Waals surface area contributed by atoms with Gasteiger partial charge in [0.15, 0.2) is 6.39 Å². The van der Waals surface area contributed by atoms with Gasteiger partial charge in [0.2, 0.25) is 0 Å². The first-order valence-corrected chi connectivity index (χ1v) is 2.88.